The summed E-state index contributed by atoms with van der Waals surface area (Å²) in [6.07, 6.45) is 0. The molecule has 38 valence electrons. The molecule has 0 rings (SSSR count). The molecule has 1 nitrogen and oxygen atoms in total. The number of hydrogen-bond donors (Lipinski definition) is 3. The van der Waals surface area contributed by atoms with Gasteiger partial charge >= 0.3 is 0 Å². The minimum absolute atomic E-state index is 0.000772. The zero-order chi connectivity index (χ0) is 5.21. The summed E-state index contributed by atoms with van der Waals surface area (Å²) in [7, 11) is 0. The summed E-state index contributed by atoms with van der Waals surface area (Å²) >= 11 is 7.74. The lowest BCUT2D eigenvalue weighted by atomic mass is 10.5. The molecule has 3 heteroatoms. The van der Waals surface area contributed by atoms with Crippen molar-refractivity contribution in [1.82, 2.24) is 0 Å². The van der Waals surface area contributed by atoms with Gasteiger partial charge in [-0.05, 0) is 6.92 Å². The van der Waals surface area contributed by atoms with E-state index in [1.807, 2.05) is 0 Å². The molecule has 0 aliphatic carbocycles. The Hall–Kier alpha value is 0.660. The summed E-state index contributed by atoms with van der Waals surface area (Å²) in [6.45, 7) is 1.72. The molecular weight excluding hydrogens is 116 g/mol. The van der Waals surface area contributed by atoms with E-state index in [2.05, 4.69) is 25.3 Å². The molecule has 0 heterocycles. The number of hydrogen-bond acceptors (Lipinski definition) is 3. The first-order valence-corrected chi connectivity index (χ1v) is 2.51. The van der Waals surface area contributed by atoms with E-state index in [1.165, 1.54) is 0 Å². The highest BCUT2D eigenvalue weighted by atomic mass is 32.2. The van der Waals surface area contributed by atoms with E-state index in [0.29, 0.717) is 0 Å². The molecule has 0 saturated carbocycles. The fourth-order valence-electron chi connectivity index (χ4n) is 0. The van der Waals surface area contributed by atoms with Gasteiger partial charge in [0.15, 0.2) is 0 Å². The second kappa shape index (κ2) is 2.09. The van der Waals surface area contributed by atoms with Crippen LogP contribution in [0.15, 0.2) is 0 Å². The van der Waals surface area contributed by atoms with Crippen LogP contribution in [0.1, 0.15) is 6.92 Å². The van der Waals surface area contributed by atoms with Crippen LogP contribution in [0.5, 0.6) is 0 Å². The maximum atomic E-state index is 8.25. The molecule has 0 aromatic carbocycles. The summed E-state index contributed by atoms with van der Waals surface area (Å²) in [5.41, 5.74) is 0. The summed E-state index contributed by atoms with van der Waals surface area (Å²) in [4.78, 5) is 0. The van der Waals surface area contributed by atoms with Crippen molar-refractivity contribution >= 4 is 25.3 Å². The first-order chi connectivity index (χ1) is 2.56. The van der Waals surface area contributed by atoms with Gasteiger partial charge in [0.05, 0.1) is 10.7 Å². The van der Waals surface area contributed by atoms with E-state index in [4.69, 9.17) is 5.11 Å². The number of rotatable bonds is 1. The lowest BCUT2D eigenvalue weighted by molar-refractivity contribution is 0.292. The van der Waals surface area contributed by atoms with E-state index in [9.17, 15) is 0 Å². The van der Waals surface area contributed by atoms with Gasteiger partial charge in [0, 0.05) is 0 Å². The average molecular weight is 124 g/mol. The Morgan fingerprint density at radius 2 is 1.83 bits per heavy atom. The molecule has 0 radical (unpaired) electrons. The monoisotopic (exact) mass is 124 g/mol. The normalized spacial score (nSPS) is 12.0. The van der Waals surface area contributed by atoms with Gasteiger partial charge in [-0.1, -0.05) is 0 Å². The molecule has 0 saturated heterocycles. The number of aliphatic hydroxyl groups is 1. The minimum Gasteiger partial charge on any atom is -0.394 e. The molecule has 0 aliphatic rings. The van der Waals surface area contributed by atoms with Crippen molar-refractivity contribution < 1.29 is 5.11 Å². The fourth-order valence-corrected chi connectivity index (χ4v) is 0. The highest BCUT2D eigenvalue weighted by Gasteiger charge is 2.07. The van der Waals surface area contributed by atoms with E-state index in [1.54, 1.807) is 6.92 Å². The van der Waals surface area contributed by atoms with Crippen molar-refractivity contribution in [3.8, 4) is 0 Å². The maximum absolute atomic E-state index is 8.25. The van der Waals surface area contributed by atoms with Crippen molar-refractivity contribution in [2.24, 2.45) is 0 Å². The van der Waals surface area contributed by atoms with E-state index in [0.717, 1.165) is 0 Å². The highest BCUT2D eigenvalue weighted by Crippen LogP contribution is 2.15. The molecule has 0 unspecified atom stereocenters. The first kappa shape index (κ1) is 6.66. The van der Waals surface area contributed by atoms with Gasteiger partial charge in [0.2, 0.25) is 0 Å². The summed E-state index contributed by atoms with van der Waals surface area (Å²) in [5, 5.41) is 8.25. The minimum atomic E-state index is -0.514. The Balaban J connectivity index is 3.17. The Labute approximate surface area is 48.6 Å². The summed E-state index contributed by atoms with van der Waals surface area (Å²) < 4.78 is -0.514. The van der Waals surface area contributed by atoms with Gasteiger partial charge in [0.25, 0.3) is 0 Å². The van der Waals surface area contributed by atoms with Crippen LogP contribution in [0, 0.1) is 0 Å². The van der Waals surface area contributed by atoms with Crippen molar-refractivity contribution in [2.45, 2.75) is 11.0 Å². The van der Waals surface area contributed by atoms with Crippen molar-refractivity contribution in [3.05, 3.63) is 0 Å². The smallest absolute Gasteiger partial charge is 0.0753 e. The van der Waals surface area contributed by atoms with Crippen LogP contribution in [-0.2, 0) is 0 Å². The Kier molecular flexibility index (Phi) is 2.33. The van der Waals surface area contributed by atoms with Crippen LogP contribution in [-0.4, -0.2) is 15.8 Å². The van der Waals surface area contributed by atoms with E-state index in [-0.39, 0.29) is 6.61 Å². The molecule has 0 spiro atoms. The zero-order valence-electron chi connectivity index (χ0n) is 3.55. The molecule has 0 amide bonds. The first-order valence-electron chi connectivity index (χ1n) is 1.62. The van der Waals surface area contributed by atoms with Gasteiger partial charge in [-0.15, -0.1) is 0 Å². The van der Waals surface area contributed by atoms with Gasteiger partial charge in [0.1, 0.15) is 0 Å². The molecule has 0 fully saturated rings. The molecule has 0 bridgehead atoms. The van der Waals surface area contributed by atoms with Gasteiger partial charge < -0.3 is 5.11 Å². The quantitative estimate of drug-likeness (QED) is 0.344. The second-order valence-corrected chi connectivity index (χ2v) is 3.70. The predicted octanol–water partition coefficient (Wildman–Crippen LogP) is 0.554. The van der Waals surface area contributed by atoms with E-state index < -0.39 is 4.08 Å². The molecule has 0 aromatic heterocycles. The Morgan fingerprint density at radius 3 is 1.83 bits per heavy atom. The summed E-state index contributed by atoms with van der Waals surface area (Å²) in [6, 6.07) is 0. The molecule has 1 N–H and O–H groups in total. The van der Waals surface area contributed by atoms with Gasteiger partial charge in [-0.2, -0.15) is 25.3 Å². The zero-order valence-corrected chi connectivity index (χ0v) is 5.34. The number of thiol groups is 2. The molecule has 0 aliphatic heterocycles. The summed E-state index contributed by atoms with van der Waals surface area (Å²) in [5.74, 6) is 0. The van der Waals surface area contributed by atoms with Crippen LogP contribution in [0.25, 0.3) is 0 Å². The lowest BCUT2D eigenvalue weighted by Gasteiger charge is -2.09. The second-order valence-electron chi connectivity index (χ2n) is 1.38. The Bertz CT molecular complexity index is 38.5. The largest absolute Gasteiger partial charge is 0.394 e. The maximum Gasteiger partial charge on any atom is 0.0753 e. The fraction of sp³-hybridized carbons (Fsp3) is 1.00. The third-order valence-corrected chi connectivity index (χ3v) is 0.582. The van der Waals surface area contributed by atoms with Gasteiger partial charge in [-0.25, -0.2) is 0 Å². The molecular formula is C3H8OS2. The average Bonchev–Trinajstić information content (AvgIpc) is 1.35. The van der Waals surface area contributed by atoms with Crippen LogP contribution < -0.4 is 0 Å². The molecule has 0 aromatic rings. The molecule has 6 heavy (non-hydrogen) atoms. The number of aliphatic hydroxyl groups excluding tert-OH is 1. The van der Waals surface area contributed by atoms with Gasteiger partial charge in [-0.3, -0.25) is 0 Å². The van der Waals surface area contributed by atoms with Crippen molar-refractivity contribution in [3.63, 3.8) is 0 Å². The lowest BCUT2D eigenvalue weighted by Crippen LogP contribution is -2.11. The van der Waals surface area contributed by atoms with Crippen LogP contribution >= 0.6 is 25.3 Å². The Morgan fingerprint density at radius 1 is 1.67 bits per heavy atom. The van der Waals surface area contributed by atoms with Crippen molar-refractivity contribution in [2.75, 3.05) is 6.61 Å². The topological polar surface area (TPSA) is 20.2 Å². The highest BCUT2D eigenvalue weighted by molar-refractivity contribution is 8.00. The SMILES string of the molecule is CC(S)(S)CO. The third-order valence-electron chi connectivity index (χ3n) is 0.300. The van der Waals surface area contributed by atoms with Crippen LogP contribution in [0.4, 0.5) is 0 Å². The van der Waals surface area contributed by atoms with Crippen LogP contribution in [0.3, 0.4) is 0 Å². The molecule has 0 atom stereocenters. The standard InChI is InChI=1S/C3H8OS2/c1-3(5,6)2-4/h4-6H,2H2,1H3. The van der Waals surface area contributed by atoms with Crippen molar-refractivity contribution in [1.29, 1.82) is 0 Å². The predicted molar refractivity (Wildman–Crippen MR) is 33.5 cm³/mol. The van der Waals surface area contributed by atoms with E-state index >= 15 is 0 Å². The third kappa shape index (κ3) is 4.66. The van der Waals surface area contributed by atoms with Crippen LogP contribution in [0.2, 0.25) is 0 Å².